The minimum atomic E-state index is -0.857. The molecule has 1 amide bonds. The molecule has 1 aliphatic rings. The highest BCUT2D eigenvalue weighted by Crippen LogP contribution is 2.17. The summed E-state index contributed by atoms with van der Waals surface area (Å²) in [5.41, 5.74) is -0.714. The number of rotatable bonds is 3. The summed E-state index contributed by atoms with van der Waals surface area (Å²) in [6.45, 7) is 0.281. The largest absolute Gasteiger partial charge is 0.481 e. The Morgan fingerprint density at radius 1 is 1.17 bits per heavy atom. The molecule has 1 aromatic heterocycles. The van der Waals surface area contributed by atoms with Crippen LogP contribution in [0.2, 0.25) is 0 Å². The zero-order valence-electron chi connectivity index (χ0n) is 12.9. The number of carboxylic acids is 1. The topological polar surface area (TPSA) is 112 Å². The number of aliphatic carboxylic acids is 1. The predicted molar refractivity (Wildman–Crippen MR) is 85.8 cm³/mol. The number of benzene rings is 1. The van der Waals surface area contributed by atoms with Crippen molar-refractivity contribution in [1.82, 2.24) is 14.5 Å². The van der Waals surface area contributed by atoms with E-state index in [2.05, 4.69) is 4.98 Å². The van der Waals surface area contributed by atoms with Crippen molar-refractivity contribution in [2.45, 2.75) is 19.4 Å². The third-order valence-corrected chi connectivity index (χ3v) is 4.38. The molecule has 24 heavy (non-hydrogen) atoms. The van der Waals surface area contributed by atoms with E-state index >= 15 is 0 Å². The van der Waals surface area contributed by atoms with Crippen LogP contribution in [-0.4, -0.2) is 44.5 Å². The fraction of sp³-hybridized carbons (Fsp3) is 0.375. The van der Waals surface area contributed by atoms with Gasteiger partial charge in [0.25, 0.3) is 5.56 Å². The number of aromatic amines is 1. The maximum atomic E-state index is 12.4. The number of piperidine rings is 1. The van der Waals surface area contributed by atoms with Crippen molar-refractivity contribution in [1.29, 1.82) is 0 Å². The lowest BCUT2D eigenvalue weighted by Gasteiger charge is -2.30. The highest BCUT2D eigenvalue weighted by molar-refractivity contribution is 5.79. The molecule has 8 nitrogen and oxygen atoms in total. The Balaban J connectivity index is 1.80. The van der Waals surface area contributed by atoms with E-state index < -0.39 is 23.1 Å². The molecule has 1 fully saturated rings. The van der Waals surface area contributed by atoms with Crippen molar-refractivity contribution in [2.75, 3.05) is 13.1 Å². The summed E-state index contributed by atoms with van der Waals surface area (Å²) in [6, 6.07) is 6.61. The van der Waals surface area contributed by atoms with Gasteiger partial charge in [0, 0.05) is 13.1 Å². The van der Waals surface area contributed by atoms with Crippen LogP contribution in [0.15, 0.2) is 33.9 Å². The highest BCUT2D eigenvalue weighted by Gasteiger charge is 2.27. The van der Waals surface area contributed by atoms with Crippen LogP contribution in [0.3, 0.4) is 0 Å². The fourth-order valence-corrected chi connectivity index (χ4v) is 2.95. The molecule has 8 heteroatoms. The zero-order valence-corrected chi connectivity index (χ0v) is 12.9. The SMILES string of the molecule is O=C(O)C1CCN(C(=O)Cn2c(=O)[nH]c3ccccc3c2=O)CC1. The lowest BCUT2D eigenvalue weighted by atomic mass is 9.97. The van der Waals surface area contributed by atoms with Gasteiger partial charge in [-0.05, 0) is 25.0 Å². The number of carboxylic acid groups (broad SMARTS) is 1. The number of fused-ring (bicyclic) bond motifs is 1. The first-order valence-electron chi connectivity index (χ1n) is 7.70. The summed E-state index contributed by atoms with van der Waals surface area (Å²) in [7, 11) is 0. The van der Waals surface area contributed by atoms with E-state index in [4.69, 9.17) is 5.11 Å². The average molecular weight is 331 g/mol. The van der Waals surface area contributed by atoms with Crippen LogP contribution in [0, 0.1) is 5.92 Å². The summed E-state index contributed by atoms with van der Waals surface area (Å²) >= 11 is 0. The first kappa shape index (κ1) is 16.0. The minimum absolute atomic E-state index is 0.316. The van der Waals surface area contributed by atoms with Gasteiger partial charge in [0.1, 0.15) is 6.54 Å². The molecule has 1 aliphatic heterocycles. The first-order chi connectivity index (χ1) is 11.5. The Morgan fingerprint density at radius 2 is 1.83 bits per heavy atom. The van der Waals surface area contributed by atoms with Crippen molar-refractivity contribution in [3.8, 4) is 0 Å². The predicted octanol–water partition coefficient (Wildman–Crippen LogP) is 0.0130. The van der Waals surface area contributed by atoms with Crippen molar-refractivity contribution >= 4 is 22.8 Å². The van der Waals surface area contributed by atoms with Crippen LogP contribution in [0.4, 0.5) is 0 Å². The minimum Gasteiger partial charge on any atom is -0.481 e. The number of likely N-dealkylation sites (tertiary alicyclic amines) is 1. The van der Waals surface area contributed by atoms with Gasteiger partial charge in [-0.1, -0.05) is 12.1 Å². The van der Waals surface area contributed by atoms with Crippen LogP contribution < -0.4 is 11.2 Å². The highest BCUT2D eigenvalue weighted by atomic mass is 16.4. The van der Waals surface area contributed by atoms with Crippen molar-refractivity contribution in [3.63, 3.8) is 0 Å². The van der Waals surface area contributed by atoms with Gasteiger partial charge in [-0.15, -0.1) is 0 Å². The van der Waals surface area contributed by atoms with E-state index in [1.165, 1.54) is 4.90 Å². The van der Waals surface area contributed by atoms with Crippen molar-refractivity contribution in [3.05, 3.63) is 45.1 Å². The van der Waals surface area contributed by atoms with Gasteiger partial charge in [0.15, 0.2) is 0 Å². The summed E-state index contributed by atoms with van der Waals surface area (Å²) in [6.07, 6.45) is 0.758. The number of hydrogen-bond donors (Lipinski definition) is 2. The molecule has 1 aromatic carbocycles. The van der Waals surface area contributed by atoms with Crippen LogP contribution in [0.5, 0.6) is 0 Å². The normalized spacial score (nSPS) is 15.6. The quantitative estimate of drug-likeness (QED) is 0.823. The second-order valence-corrected chi connectivity index (χ2v) is 5.86. The number of hydrogen-bond acceptors (Lipinski definition) is 4. The third kappa shape index (κ3) is 2.94. The van der Waals surface area contributed by atoms with E-state index in [1.807, 2.05) is 0 Å². The average Bonchev–Trinajstić information content (AvgIpc) is 2.58. The maximum Gasteiger partial charge on any atom is 0.329 e. The van der Waals surface area contributed by atoms with Crippen LogP contribution in [0.1, 0.15) is 12.8 Å². The van der Waals surface area contributed by atoms with Crippen LogP contribution >= 0.6 is 0 Å². The van der Waals surface area contributed by atoms with E-state index in [1.54, 1.807) is 24.3 Å². The molecular formula is C16H17N3O5. The summed E-state index contributed by atoms with van der Waals surface area (Å²) in [5, 5.41) is 9.32. The van der Waals surface area contributed by atoms with Gasteiger partial charge in [0.05, 0.1) is 16.8 Å². The summed E-state index contributed by atoms with van der Waals surface area (Å²) in [5.74, 6) is -1.66. The molecule has 126 valence electrons. The molecule has 0 atom stereocenters. The van der Waals surface area contributed by atoms with E-state index in [-0.39, 0.29) is 12.5 Å². The van der Waals surface area contributed by atoms with Crippen LogP contribution in [-0.2, 0) is 16.1 Å². The van der Waals surface area contributed by atoms with Gasteiger partial charge < -0.3 is 15.0 Å². The lowest BCUT2D eigenvalue weighted by Crippen LogP contribution is -2.45. The molecule has 0 unspecified atom stereocenters. The van der Waals surface area contributed by atoms with Gasteiger partial charge in [-0.2, -0.15) is 0 Å². The number of amides is 1. The molecule has 3 rings (SSSR count). The Labute approximate surface area is 136 Å². The number of nitrogens with one attached hydrogen (secondary N) is 1. The van der Waals surface area contributed by atoms with E-state index in [0.717, 1.165) is 4.57 Å². The molecular weight excluding hydrogens is 314 g/mol. The first-order valence-corrected chi connectivity index (χ1v) is 7.70. The molecule has 0 radical (unpaired) electrons. The molecule has 0 spiro atoms. The number of para-hydroxylation sites is 1. The van der Waals surface area contributed by atoms with E-state index in [9.17, 15) is 19.2 Å². The van der Waals surface area contributed by atoms with Crippen LogP contribution in [0.25, 0.3) is 10.9 Å². The molecule has 1 saturated heterocycles. The molecule has 0 aliphatic carbocycles. The van der Waals surface area contributed by atoms with E-state index in [0.29, 0.717) is 36.8 Å². The maximum absolute atomic E-state index is 12.4. The lowest BCUT2D eigenvalue weighted by molar-refractivity contribution is -0.145. The molecule has 2 N–H and O–H groups in total. The standard InChI is InChI=1S/C16H17N3O5/c20-13(18-7-5-10(6-8-18)15(22)23)9-19-14(21)11-3-1-2-4-12(11)17-16(19)24/h1-4,10H,5-9H2,(H,17,24)(H,22,23). The van der Waals surface area contributed by atoms with Gasteiger partial charge >= 0.3 is 11.7 Å². The molecule has 0 bridgehead atoms. The van der Waals surface area contributed by atoms with Crippen molar-refractivity contribution in [2.24, 2.45) is 5.92 Å². The van der Waals surface area contributed by atoms with Gasteiger partial charge in [-0.25, -0.2) is 4.79 Å². The third-order valence-electron chi connectivity index (χ3n) is 4.38. The number of H-pyrrole nitrogens is 1. The Kier molecular flexibility index (Phi) is 4.20. The number of carbonyl (C=O) groups is 2. The smallest absolute Gasteiger partial charge is 0.329 e. The van der Waals surface area contributed by atoms with Crippen molar-refractivity contribution < 1.29 is 14.7 Å². The molecule has 0 saturated carbocycles. The van der Waals surface area contributed by atoms with Gasteiger partial charge in [-0.3, -0.25) is 19.0 Å². The Bertz CT molecular complexity index is 906. The zero-order chi connectivity index (χ0) is 17.3. The number of aromatic nitrogens is 2. The summed E-state index contributed by atoms with van der Waals surface area (Å²) in [4.78, 5) is 51.9. The second-order valence-electron chi connectivity index (χ2n) is 5.86. The van der Waals surface area contributed by atoms with Gasteiger partial charge in [0.2, 0.25) is 5.91 Å². The number of nitrogens with zero attached hydrogens (tertiary/aromatic N) is 2. The second kappa shape index (κ2) is 6.31. The summed E-state index contributed by atoms with van der Waals surface area (Å²) < 4.78 is 0.883. The monoisotopic (exact) mass is 331 g/mol. The molecule has 2 heterocycles. The Hall–Kier alpha value is -2.90. The molecule has 2 aromatic rings. The Morgan fingerprint density at radius 3 is 2.50 bits per heavy atom. The number of carbonyl (C=O) groups excluding carboxylic acids is 1. The fourth-order valence-electron chi connectivity index (χ4n) is 2.95.